The molecule has 0 amide bonds. The summed E-state index contributed by atoms with van der Waals surface area (Å²) in [6.45, 7) is 6.75. The predicted molar refractivity (Wildman–Crippen MR) is 53.8 cm³/mol. The SMILES string of the molecule is CCCn1[nH]c(C(C)C)c(N)c1=O. The summed E-state index contributed by atoms with van der Waals surface area (Å²) < 4.78 is 1.57. The maximum atomic E-state index is 11.5. The van der Waals surface area contributed by atoms with Crippen LogP contribution in [0.25, 0.3) is 0 Å². The first-order chi connectivity index (χ1) is 6.07. The number of aromatic nitrogens is 2. The molecule has 0 saturated carbocycles. The number of anilines is 1. The molecule has 0 atom stereocenters. The molecular formula is C9H17N3O. The van der Waals surface area contributed by atoms with Crippen LogP contribution < -0.4 is 11.3 Å². The molecule has 0 aliphatic rings. The molecule has 0 radical (unpaired) electrons. The van der Waals surface area contributed by atoms with E-state index in [0.29, 0.717) is 12.2 Å². The van der Waals surface area contributed by atoms with Crippen molar-refractivity contribution in [3.63, 3.8) is 0 Å². The van der Waals surface area contributed by atoms with E-state index >= 15 is 0 Å². The summed E-state index contributed by atoms with van der Waals surface area (Å²) in [5.74, 6) is 0.269. The second-order valence-corrected chi connectivity index (χ2v) is 3.55. The van der Waals surface area contributed by atoms with Crippen LogP contribution in [0.1, 0.15) is 38.8 Å². The minimum atomic E-state index is -0.0921. The lowest BCUT2D eigenvalue weighted by molar-refractivity contribution is 0.573. The number of nitrogens with two attached hydrogens (primary N) is 1. The Balaban J connectivity index is 3.13. The molecule has 4 nitrogen and oxygen atoms in total. The molecule has 1 aromatic rings. The van der Waals surface area contributed by atoms with Crippen LogP contribution in [-0.4, -0.2) is 9.78 Å². The van der Waals surface area contributed by atoms with Gasteiger partial charge in [0.2, 0.25) is 0 Å². The molecular weight excluding hydrogens is 166 g/mol. The van der Waals surface area contributed by atoms with Crippen molar-refractivity contribution in [2.75, 3.05) is 5.73 Å². The first kappa shape index (κ1) is 9.89. The summed E-state index contributed by atoms with van der Waals surface area (Å²) in [5, 5.41) is 3.03. The first-order valence-corrected chi connectivity index (χ1v) is 4.66. The molecule has 13 heavy (non-hydrogen) atoms. The number of rotatable bonds is 3. The Bertz CT molecular complexity index is 335. The van der Waals surface area contributed by atoms with Crippen molar-refractivity contribution in [2.45, 2.75) is 39.7 Å². The van der Waals surface area contributed by atoms with Gasteiger partial charge in [-0.05, 0) is 12.3 Å². The minimum absolute atomic E-state index is 0.0921. The number of nitrogens with one attached hydrogen (secondary N) is 1. The lowest BCUT2D eigenvalue weighted by Crippen LogP contribution is -2.18. The largest absolute Gasteiger partial charge is 0.393 e. The lowest BCUT2D eigenvalue weighted by Gasteiger charge is -2.01. The van der Waals surface area contributed by atoms with Crippen LogP contribution in [-0.2, 0) is 6.54 Å². The van der Waals surface area contributed by atoms with Crippen molar-refractivity contribution < 1.29 is 0 Å². The minimum Gasteiger partial charge on any atom is -0.393 e. The van der Waals surface area contributed by atoms with Crippen LogP contribution >= 0.6 is 0 Å². The predicted octanol–water partition coefficient (Wildman–Crippen LogP) is 1.29. The zero-order chi connectivity index (χ0) is 10.0. The fourth-order valence-corrected chi connectivity index (χ4v) is 1.34. The number of nitrogens with zero attached hydrogens (tertiary/aromatic N) is 1. The lowest BCUT2D eigenvalue weighted by atomic mass is 10.1. The van der Waals surface area contributed by atoms with Crippen molar-refractivity contribution in [1.82, 2.24) is 9.78 Å². The highest BCUT2D eigenvalue weighted by Gasteiger charge is 2.12. The standard InChI is InChI=1S/C9H17N3O/c1-4-5-12-9(13)7(10)8(11-12)6(2)3/h6,11H,4-5,10H2,1-3H3. The van der Waals surface area contributed by atoms with Gasteiger partial charge < -0.3 is 5.73 Å². The average molecular weight is 183 g/mol. The van der Waals surface area contributed by atoms with Crippen LogP contribution in [0.3, 0.4) is 0 Å². The van der Waals surface area contributed by atoms with Gasteiger partial charge in [0.05, 0.1) is 5.69 Å². The molecule has 0 unspecified atom stereocenters. The molecule has 1 aromatic heterocycles. The van der Waals surface area contributed by atoms with E-state index in [9.17, 15) is 4.79 Å². The van der Waals surface area contributed by atoms with Crippen molar-refractivity contribution >= 4 is 5.69 Å². The van der Waals surface area contributed by atoms with Gasteiger partial charge in [-0.1, -0.05) is 20.8 Å². The van der Waals surface area contributed by atoms with E-state index < -0.39 is 0 Å². The maximum Gasteiger partial charge on any atom is 0.289 e. The summed E-state index contributed by atoms with van der Waals surface area (Å²) in [6.07, 6.45) is 0.928. The molecule has 0 aliphatic heterocycles. The van der Waals surface area contributed by atoms with E-state index in [1.54, 1.807) is 4.68 Å². The molecule has 0 fully saturated rings. The highest BCUT2D eigenvalue weighted by molar-refractivity contribution is 5.42. The van der Waals surface area contributed by atoms with Crippen LogP contribution in [0.5, 0.6) is 0 Å². The fraction of sp³-hybridized carbons (Fsp3) is 0.667. The molecule has 0 saturated heterocycles. The van der Waals surface area contributed by atoms with Crippen LogP contribution in [0.2, 0.25) is 0 Å². The van der Waals surface area contributed by atoms with Gasteiger partial charge in [-0.25, -0.2) is 0 Å². The second kappa shape index (κ2) is 3.68. The molecule has 0 bridgehead atoms. The van der Waals surface area contributed by atoms with Crippen molar-refractivity contribution in [2.24, 2.45) is 0 Å². The Labute approximate surface area is 77.7 Å². The summed E-state index contributed by atoms with van der Waals surface area (Å²) in [6, 6.07) is 0. The molecule has 4 heteroatoms. The smallest absolute Gasteiger partial charge is 0.289 e. The third kappa shape index (κ3) is 1.76. The number of aromatic amines is 1. The molecule has 0 aromatic carbocycles. The average Bonchev–Trinajstić information content (AvgIpc) is 2.33. The Morgan fingerprint density at radius 1 is 1.54 bits per heavy atom. The monoisotopic (exact) mass is 183 g/mol. The van der Waals surface area contributed by atoms with E-state index in [-0.39, 0.29) is 11.5 Å². The Morgan fingerprint density at radius 2 is 2.15 bits per heavy atom. The van der Waals surface area contributed by atoms with Gasteiger partial charge in [0, 0.05) is 6.54 Å². The first-order valence-electron chi connectivity index (χ1n) is 4.66. The summed E-state index contributed by atoms with van der Waals surface area (Å²) >= 11 is 0. The quantitative estimate of drug-likeness (QED) is 0.741. The molecule has 0 aliphatic carbocycles. The van der Waals surface area contributed by atoms with Crippen LogP contribution in [0, 0.1) is 0 Å². The topological polar surface area (TPSA) is 63.8 Å². The van der Waals surface area contributed by atoms with Crippen LogP contribution in [0.15, 0.2) is 4.79 Å². The van der Waals surface area contributed by atoms with E-state index in [2.05, 4.69) is 5.10 Å². The van der Waals surface area contributed by atoms with Gasteiger partial charge in [-0.2, -0.15) is 0 Å². The second-order valence-electron chi connectivity index (χ2n) is 3.55. The number of aryl methyl sites for hydroxylation is 1. The zero-order valence-electron chi connectivity index (χ0n) is 8.42. The molecule has 74 valence electrons. The highest BCUT2D eigenvalue weighted by Crippen LogP contribution is 2.15. The molecule has 1 rings (SSSR count). The van der Waals surface area contributed by atoms with E-state index in [4.69, 9.17) is 5.73 Å². The highest BCUT2D eigenvalue weighted by atomic mass is 16.1. The number of hydrogen-bond acceptors (Lipinski definition) is 2. The third-order valence-electron chi connectivity index (χ3n) is 2.05. The van der Waals surface area contributed by atoms with E-state index in [1.165, 1.54) is 0 Å². The van der Waals surface area contributed by atoms with Crippen molar-refractivity contribution in [3.05, 3.63) is 16.0 Å². The zero-order valence-corrected chi connectivity index (χ0v) is 8.42. The number of nitrogen functional groups attached to an aromatic ring is 1. The number of H-pyrrole nitrogens is 1. The number of hydrogen-bond donors (Lipinski definition) is 2. The van der Waals surface area contributed by atoms with Crippen molar-refractivity contribution in [3.8, 4) is 0 Å². The van der Waals surface area contributed by atoms with Gasteiger partial charge in [-0.15, -0.1) is 0 Å². The molecule has 0 spiro atoms. The van der Waals surface area contributed by atoms with E-state index in [0.717, 1.165) is 12.1 Å². The molecule has 1 heterocycles. The maximum absolute atomic E-state index is 11.5. The van der Waals surface area contributed by atoms with Gasteiger partial charge >= 0.3 is 0 Å². The summed E-state index contributed by atoms with van der Waals surface area (Å²) in [7, 11) is 0. The van der Waals surface area contributed by atoms with Crippen LogP contribution in [0.4, 0.5) is 5.69 Å². The Morgan fingerprint density at radius 3 is 2.54 bits per heavy atom. The summed E-state index contributed by atoms with van der Waals surface area (Å²) in [4.78, 5) is 11.5. The van der Waals surface area contributed by atoms with Gasteiger partial charge in [0.1, 0.15) is 5.69 Å². The van der Waals surface area contributed by atoms with E-state index in [1.807, 2.05) is 20.8 Å². The normalized spacial score (nSPS) is 11.1. The summed E-state index contributed by atoms with van der Waals surface area (Å²) in [5.41, 5.74) is 6.79. The van der Waals surface area contributed by atoms with Gasteiger partial charge in [0.25, 0.3) is 5.56 Å². The van der Waals surface area contributed by atoms with Gasteiger partial charge in [0.15, 0.2) is 0 Å². The third-order valence-corrected chi connectivity index (χ3v) is 2.05. The Kier molecular flexibility index (Phi) is 2.80. The molecule has 3 N–H and O–H groups in total. The van der Waals surface area contributed by atoms with Crippen molar-refractivity contribution in [1.29, 1.82) is 0 Å². The Hall–Kier alpha value is -1.19. The van der Waals surface area contributed by atoms with Gasteiger partial charge in [-0.3, -0.25) is 14.6 Å². The fourth-order valence-electron chi connectivity index (χ4n) is 1.34.